The van der Waals surface area contributed by atoms with Gasteiger partial charge in [0, 0.05) is 5.54 Å². The smallest absolute Gasteiger partial charge is 0.237 e. The number of amides is 1. The van der Waals surface area contributed by atoms with E-state index in [1.54, 1.807) is 6.92 Å². The predicted octanol–water partition coefficient (Wildman–Crippen LogP) is 1.42. The van der Waals surface area contributed by atoms with Crippen molar-refractivity contribution in [3.63, 3.8) is 0 Å². The lowest BCUT2D eigenvalue weighted by Gasteiger charge is -2.32. The van der Waals surface area contributed by atoms with Gasteiger partial charge in [0.05, 0.1) is 6.04 Å². The average Bonchev–Trinajstić information content (AvgIpc) is 2.14. The van der Waals surface area contributed by atoms with Crippen LogP contribution in [-0.2, 0) is 4.79 Å². The van der Waals surface area contributed by atoms with Gasteiger partial charge in [0.15, 0.2) is 0 Å². The van der Waals surface area contributed by atoms with Gasteiger partial charge in [-0.2, -0.15) is 0 Å². The molecule has 0 aliphatic carbocycles. The number of nitrogens with two attached hydrogens (primary N) is 1. The summed E-state index contributed by atoms with van der Waals surface area (Å²) in [7, 11) is 0. The highest BCUT2D eigenvalue weighted by molar-refractivity contribution is 5.81. The molecule has 3 N–H and O–H groups in total. The maximum absolute atomic E-state index is 11.4. The Labute approximate surface area is 81.1 Å². The number of nitrogens with one attached hydrogen (secondary N) is 1. The number of hydrogen-bond donors (Lipinski definition) is 2. The molecule has 0 radical (unpaired) electrons. The maximum atomic E-state index is 11.4. The van der Waals surface area contributed by atoms with Crippen molar-refractivity contribution in [1.29, 1.82) is 0 Å². The minimum Gasteiger partial charge on any atom is -0.349 e. The van der Waals surface area contributed by atoms with Crippen LogP contribution in [0, 0.1) is 0 Å². The first-order valence-electron chi connectivity index (χ1n) is 5.09. The normalized spacial score (nSPS) is 13.9. The number of hydrogen-bond acceptors (Lipinski definition) is 2. The molecule has 3 nitrogen and oxygen atoms in total. The maximum Gasteiger partial charge on any atom is 0.237 e. The fourth-order valence-electron chi connectivity index (χ4n) is 1.39. The van der Waals surface area contributed by atoms with Crippen LogP contribution in [0.15, 0.2) is 0 Å². The molecule has 0 heterocycles. The molecular weight excluding hydrogens is 164 g/mol. The molecule has 0 saturated heterocycles. The molecule has 0 rings (SSSR count). The second kappa shape index (κ2) is 5.22. The predicted molar refractivity (Wildman–Crippen MR) is 55.4 cm³/mol. The second-order valence-corrected chi connectivity index (χ2v) is 3.62. The van der Waals surface area contributed by atoms with Crippen LogP contribution in [0.3, 0.4) is 0 Å². The Morgan fingerprint density at radius 3 is 1.92 bits per heavy atom. The van der Waals surface area contributed by atoms with E-state index in [1.165, 1.54) is 0 Å². The molecule has 0 fully saturated rings. The third kappa shape index (κ3) is 3.35. The van der Waals surface area contributed by atoms with E-state index in [1.807, 2.05) is 0 Å². The molecule has 0 aliphatic heterocycles. The molecule has 0 aromatic heterocycles. The van der Waals surface area contributed by atoms with E-state index < -0.39 is 6.04 Å². The van der Waals surface area contributed by atoms with E-state index in [0.29, 0.717) is 0 Å². The highest BCUT2D eigenvalue weighted by Crippen LogP contribution is 2.18. The molecule has 1 amide bonds. The van der Waals surface area contributed by atoms with Crippen LogP contribution in [0.5, 0.6) is 0 Å². The third-order valence-electron chi connectivity index (χ3n) is 2.83. The summed E-state index contributed by atoms with van der Waals surface area (Å²) < 4.78 is 0. The molecule has 0 aromatic rings. The highest BCUT2D eigenvalue weighted by atomic mass is 16.2. The molecule has 0 aromatic carbocycles. The van der Waals surface area contributed by atoms with E-state index in [0.717, 1.165) is 19.3 Å². The Hall–Kier alpha value is -0.570. The molecule has 1 atom stereocenters. The lowest BCUT2D eigenvalue weighted by Crippen LogP contribution is -2.52. The summed E-state index contributed by atoms with van der Waals surface area (Å²) in [6.07, 6.45) is 2.87. The van der Waals surface area contributed by atoms with E-state index in [2.05, 4.69) is 26.1 Å². The molecule has 1 unspecified atom stereocenters. The quantitative estimate of drug-likeness (QED) is 0.682. The zero-order chi connectivity index (χ0) is 10.5. The van der Waals surface area contributed by atoms with Crippen molar-refractivity contribution >= 4 is 5.91 Å². The van der Waals surface area contributed by atoms with Crippen molar-refractivity contribution in [2.45, 2.75) is 58.5 Å². The van der Waals surface area contributed by atoms with Crippen LogP contribution in [-0.4, -0.2) is 17.5 Å². The first-order valence-corrected chi connectivity index (χ1v) is 5.09. The minimum absolute atomic E-state index is 0.0504. The van der Waals surface area contributed by atoms with Crippen LogP contribution in [0.4, 0.5) is 0 Å². The number of carbonyl (C=O) groups excluding carboxylic acids is 1. The zero-order valence-corrected chi connectivity index (χ0v) is 9.18. The highest BCUT2D eigenvalue weighted by Gasteiger charge is 2.26. The molecule has 0 aliphatic rings. The standard InChI is InChI=1S/C10H22N2O/c1-5-10(6-2,7-3)12-9(13)8(4)11/h8H,5-7,11H2,1-4H3,(H,12,13). The Morgan fingerprint density at radius 1 is 1.31 bits per heavy atom. The van der Waals surface area contributed by atoms with Crippen LogP contribution in [0.2, 0.25) is 0 Å². The van der Waals surface area contributed by atoms with Gasteiger partial charge in [-0.25, -0.2) is 0 Å². The summed E-state index contributed by atoms with van der Waals surface area (Å²) in [5.74, 6) is -0.0504. The molecule has 13 heavy (non-hydrogen) atoms. The molecule has 0 spiro atoms. The fourth-order valence-corrected chi connectivity index (χ4v) is 1.39. The van der Waals surface area contributed by atoms with Gasteiger partial charge >= 0.3 is 0 Å². The lowest BCUT2D eigenvalue weighted by molar-refractivity contribution is -0.124. The summed E-state index contributed by atoms with van der Waals surface area (Å²) in [5, 5.41) is 3.02. The third-order valence-corrected chi connectivity index (χ3v) is 2.83. The second-order valence-electron chi connectivity index (χ2n) is 3.62. The lowest BCUT2D eigenvalue weighted by atomic mass is 9.89. The first-order chi connectivity index (χ1) is 6.01. The minimum atomic E-state index is -0.413. The summed E-state index contributed by atoms with van der Waals surface area (Å²) in [4.78, 5) is 11.4. The number of carbonyl (C=O) groups is 1. The van der Waals surface area contributed by atoms with Gasteiger partial charge in [-0.1, -0.05) is 20.8 Å². The largest absolute Gasteiger partial charge is 0.349 e. The molecule has 78 valence electrons. The topological polar surface area (TPSA) is 55.1 Å². The average molecular weight is 186 g/mol. The van der Waals surface area contributed by atoms with E-state index in [4.69, 9.17) is 5.73 Å². The van der Waals surface area contributed by atoms with Crippen molar-refractivity contribution in [1.82, 2.24) is 5.32 Å². The fraction of sp³-hybridized carbons (Fsp3) is 0.900. The SMILES string of the molecule is CCC(CC)(CC)NC(=O)C(C)N. The van der Waals surface area contributed by atoms with Gasteiger partial charge in [0.2, 0.25) is 5.91 Å². The molecule has 0 saturated carbocycles. The van der Waals surface area contributed by atoms with Gasteiger partial charge in [-0.05, 0) is 26.2 Å². The van der Waals surface area contributed by atoms with E-state index >= 15 is 0 Å². The van der Waals surface area contributed by atoms with Gasteiger partial charge in [-0.15, -0.1) is 0 Å². The Balaban J connectivity index is 4.33. The first kappa shape index (κ1) is 12.4. The summed E-state index contributed by atoms with van der Waals surface area (Å²) in [5.41, 5.74) is 5.44. The Kier molecular flexibility index (Phi) is 4.99. The van der Waals surface area contributed by atoms with Crippen LogP contribution in [0.25, 0.3) is 0 Å². The van der Waals surface area contributed by atoms with Crippen molar-refractivity contribution in [3.8, 4) is 0 Å². The molecule has 0 bridgehead atoms. The van der Waals surface area contributed by atoms with Crippen LogP contribution >= 0.6 is 0 Å². The van der Waals surface area contributed by atoms with Gasteiger partial charge in [-0.3, -0.25) is 4.79 Å². The van der Waals surface area contributed by atoms with Gasteiger partial charge in [0.1, 0.15) is 0 Å². The number of rotatable bonds is 5. The van der Waals surface area contributed by atoms with E-state index in [-0.39, 0.29) is 11.4 Å². The Morgan fingerprint density at radius 2 is 1.69 bits per heavy atom. The summed E-state index contributed by atoms with van der Waals surface area (Å²) in [6, 6.07) is -0.413. The Bertz CT molecular complexity index is 154. The van der Waals surface area contributed by atoms with Crippen molar-refractivity contribution in [3.05, 3.63) is 0 Å². The zero-order valence-electron chi connectivity index (χ0n) is 9.18. The summed E-state index contributed by atoms with van der Waals surface area (Å²) in [6.45, 7) is 7.98. The summed E-state index contributed by atoms with van der Waals surface area (Å²) >= 11 is 0. The monoisotopic (exact) mass is 186 g/mol. The van der Waals surface area contributed by atoms with E-state index in [9.17, 15) is 4.79 Å². The van der Waals surface area contributed by atoms with Crippen molar-refractivity contribution < 1.29 is 4.79 Å². The van der Waals surface area contributed by atoms with Gasteiger partial charge < -0.3 is 11.1 Å². The van der Waals surface area contributed by atoms with Crippen molar-refractivity contribution in [2.75, 3.05) is 0 Å². The molecule has 3 heteroatoms. The van der Waals surface area contributed by atoms with Crippen LogP contribution < -0.4 is 11.1 Å². The van der Waals surface area contributed by atoms with Crippen LogP contribution in [0.1, 0.15) is 47.0 Å². The van der Waals surface area contributed by atoms with Crippen molar-refractivity contribution in [2.24, 2.45) is 5.73 Å². The molecular formula is C10H22N2O. The van der Waals surface area contributed by atoms with Gasteiger partial charge in [0.25, 0.3) is 0 Å².